The third-order valence-corrected chi connectivity index (χ3v) is 8.03. The Labute approximate surface area is 182 Å². The minimum absolute atomic E-state index is 0.00636. The van der Waals surface area contributed by atoms with Crippen molar-refractivity contribution in [1.82, 2.24) is 19.2 Å². The molecule has 7 heteroatoms. The van der Waals surface area contributed by atoms with Crippen LogP contribution in [-0.4, -0.2) is 55.5 Å². The van der Waals surface area contributed by atoms with Gasteiger partial charge >= 0.3 is 5.69 Å². The van der Waals surface area contributed by atoms with Crippen molar-refractivity contribution in [2.45, 2.75) is 70.4 Å². The van der Waals surface area contributed by atoms with Gasteiger partial charge in [0.1, 0.15) is 12.2 Å². The molecule has 2 saturated heterocycles. The second kappa shape index (κ2) is 8.17. The Balaban J connectivity index is 1.30. The Bertz CT molecular complexity index is 945. The average molecular weight is 429 g/mol. The summed E-state index contributed by atoms with van der Waals surface area (Å²) in [6, 6.07) is 9.19. The van der Waals surface area contributed by atoms with E-state index in [1.165, 1.54) is 29.9 Å². The predicted molar refractivity (Wildman–Crippen MR) is 120 cm³/mol. The number of hydrogen-bond donors (Lipinski definition) is 0. The van der Waals surface area contributed by atoms with Crippen LogP contribution in [0.4, 0.5) is 0 Å². The van der Waals surface area contributed by atoms with Gasteiger partial charge in [0.25, 0.3) is 0 Å². The first-order valence-electron chi connectivity index (χ1n) is 11.2. The molecule has 0 radical (unpaired) electrons. The molecule has 0 amide bonds. The first-order chi connectivity index (χ1) is 14.5. The number of rotatable bonds is 4. The van der Waals surface area contributed by atoms with Crippen LogP contribution in [0, 0.1) is 0 Å². The standard InChI is InChI=1S/C23H32N4O2S/c1-17(2)19-5-3-18(4-6-19)13-27-22(28)26-16-23(29-14-21(26)24-27)9-10-25(15-23)20-7-11-30-12-8-20/h3-6,17,20H,7-16H2,1-2H3. The summed E-state index contributed by atoms with van der Waals surface area (Å²) in [5.41, 5.74) is 2.18. The van der Waals surface area contributed by atoms with Gasteiger partial charge in [0, 0.05) is 19.1 Å². The fourth-order valence-corrected chi connectivity index (χ4v) is 6.15. The van der Waals surface area contributed by atoms with Crippen LogP contribution < -0.4 is 5.69 Å². The fraction of sp³-hybridized carbons (Fsp3) is 0.652. The summed E-state index contributed by atoms with van der Waals surface area (Å²) in [6.45, 7) is 7.97. The maximum Gasteiger partial charge on any atom is 0.346 e. The molecule has 0 N–H and O–H groups in total. The van der Waals surface area contributed by atoms with Crippen LogP contribution in [-0.2, 0) is 24.4 Å². The first kappa shape index (κ1) is 20.3. The fourth-order valence-electron chi connectivity index (χ4n) is 5.07. The average Bonchev–Trinajstić information content (AvgIpc) is 3.31. The molecule has 6 nitrogen and oxygen atoms in total. The van der Waals surface area contributed by atoms with Crippen molar-refractivity contribution >= 4 is 11.8 Å². The van der Waals surface area contributed by atoms with Crippen molar-refractivity contribution in [3.63, 3.8) is 0 Å². The van der Waals surface area contributed by atoms with E-state index in [4.69, 9.17) is 4.74 Å². The summed E-state index contributed by atoms with van der Waals surface area (Å²) in [7, 11) is 0. The van der Waals surface area contributed by atoms with Crippen LogP contribution in [0.2, 0.25) is 0 Å². The summed E-state index contributed by atoms with van der Waals surface area (Å²) in [5, 5.41) is 4.59. The van der Waals surface area contributed by atoms with Crippen LogP contribution >= 0.6 is 11.8 Å². The van der Waals surface area contributed by atoms with Crippen molar-refractivity contribution in [3.05, 3.63) is 51.7 Å². The van der Waals surface area contributed by atoms with E-state index < -0.39 is 0 Å². The molecule has 1 spiro atoms. The quantitative estimate of drug-likeness (QED) is 0.749. The summed E-state index contributed by atoms with van der Waals surface area (Å²) < 4.78 is 9.82. The van der Waals surface area contributed by atoms with Crippen LogP contribution in [0.5, 0.6) is 0 Å². The molecule has 5 rings (SSSR count). The number of hydrogen-bond acceptors (Lipinski definition) is 5. The molecule has 1 aromatic heterocycles. The molecule has 0 saturated carbocycles. The molecule has 2 aromatic rings. The van der Waals surface area contributed by atoms with E-state index in [-0.39, 0.29) is 11.3 Å². The lowest BCUT2D eigenvalue weighted by atomic mass is 10.0. The first-order valence-corrected chi connectivity index (χ1v) is 12.4. The highest BCUT2D eigenvalue weighted by Gasteiger charge is 2.45. The lowest BCUT2D eigenvalue weighted by molar-refractivity contribution is -0.0847. The summed E-state index contributed by atoms with van der Waals surface area (Å²) in [5.74, 6) is 3.80. The molecular formula is C23H32N4O2S. The monoisotopic (exact) mass is 428 g/mol. The van der Waals surface area contributed by atoms with E-state index >= 15 is 0 Å². The number of thioether (sulfide) groups is 1. The molecule has 3 aliphatic rings. The van der Waals surface area contributed by atoms with Crippen molar-refractivity contribution in [2.75, 3.05) is 24.6 Å². The number of nitrogens with zero attached hydrogens (tertiary/aromatic N) is 4. The lowest BCUT2D eigenvalue weighted by Gasteiger charge is -2.36. The van der Waals surface area contributed by atoms with E-state index in [2.05, 4.69) is 59.9 Å². The zero-order valence-electron chi connectivity index (χ0n) is 18.0. The Hall–Kier alpha value is -1.57. The lowest BCUT2D eigenvalue weighted by Crippen LogP contribution is -2.48. The molecule has 1 unspecified atom stereocenters. The van der Waals surface area contributed by atoms with Crippen molar-refractivity contribution in [3.8, 4) is 0 Å². The molecule has 0 bridgehead atoms. The van der Waals surface area contributed by atoms with Gasteiger partial charge in [-0.05, 0) is 47.8 Å². The second-order valence-electron chi connectivity index (χ2n) is 9.37. The Kier molecular flexibility index (Phi) is 5.54. The van der Waals surface area contributed by atoms with Crippen LogP contribution in [0.15, 0.2) is 29.1 Å². The van der Waals surface area contributed by atoms with E-state index in [1.807, 2.05) is 4.57 Å². The predicted octanol–water partition coefficient (Wildman–Crippen LogP) is 3.09. The van der Waals surface area contributed by atoms with Gasteiger partial charge in [-0.15, -0.1) is 0 Å². The number of benzene rings is 1. The van der Waals surface area contributed by atoms with Gasteiger partial charge in [-0.3, -0.25) is 9.47 Å². The number of aromatic nitrogens is 3. The maximum atomic E-state index is 13.1. The SMILES string of the molecule is CC(C)c1ccc(Cn2nc3n(c2=O)CC2(CCN(C4CCSCC4)C2)OC3)cc1. The molecule has 2 fully saturated rings. The van der Waals surface area contributed by atoms with Gasteiger partial charge in [0.15, 0.2) is 5.82 Å². The molecule has 162 valence electrons. The summed E-state index contributed by atoms with van der Waals surface area (Å²) >= 11 is 2.07. The van der Waals surface area contributed by atoms with E-state index in [0.717, 1.165) is 30.9 Å². The van der Waals surface area contributed by atoms with Gasteiger partial charge < -0.3 is 4.74 Å². The topological polar surface area (TPSA) is 52.3 Å². The Morgan fingerprint density at radius 3 is 2.70 bits per heavy atom. The number of ether oxygens (including phenoxy) is 1. The molecule has 1 atom stereocenters. The highest BCUT2D eigenvalue weighted by molar-refractivity contribution is 7.99. The van der Waals surface area contributed by atoms with E-state index in [9.17, 15) is 4.79 Å². The largest absolute Gasteiger partial charge is 0.364 e. The normalized spacial score (nSPS) is 25.3. The minimum atomic E-state index is -0.228. The van der Waals surface area contributed by atoms with E-state index in [1.54, 1.807) is 4.68 Å². The van der Waals surface area contributed by atoms with Gasteiger partial charge in [0.05, 0.1) is 13.1 Å². The number of likely N-dealkylation sites (tertiary alicyclic amines) is 1. The highest BCUT2D eigenvalue weighted by Crippen LogP contribution is 2.34. The molecule has 3 aliphatic heterocycles. The van der Waals surface area contributed by atoms with Crippen LogP contribution in [0.1, 0.15) is 56.0 Å². The maximum absolute atomic E-state index is 13.1. The molecular weight excluding hydrogens is 396 g/mol. The minimum Gasteiger partial charge on any atom is -0.364 e. The van der Waals surface area contributed by atoms with Crippen LogP contribution in [0.3, 0.4) is 0 Å². The van der Waals surface area contributed by atoms with Crippen molar-refractivity contribution < 1.29 is 4.74 Å². The van der Waals surface area contributed by atoms with Gasteiger partial charge in [0.2, 0.25) is 0 Å². The Morgan fingerprint density at radius 2 is 1.97 bits per heavy atom. The van der Waals surface area contributed by atoms with Crippen molar-refractivity contribution in [1.29, 1.82) is 0 Å². The third kappa shape index (κ3) is 3.87. The zero-order valence-corrected chi connectivity index (χ0v) is 18.9. The smallest absolute Gasteiger partial charge is 0.346 e. The molecule has 30 heavy (non-hydrogen) atoms. The third-order valence-electron chi connectivity index (χ3n) is 6.98. The molecule has 0 aliphatic carbocycles. The Morgan fingerprint density at radius 1 is 1.20 bits per heavy atom. The molecule has 4 heterocycles. The van der Waals surface area contributed by atoms with Gasteiger partial charge in [-0.25, -0.2) is 9.48 Å². The van der Waals surface area contributed by atoms with Gasteiger partial charge in [-0.1, -0.05) is 38.1 Å². The highest BCUT2D eigenvalue weighted by atomic mass is 32.2. The second-order valence-corrected chi connectivity index (χ2v) is 10.6. The van der Waals surface area contributed by atoms with Crippen LogP contribution in [0.25, 0.3) is 0 Å². The van der Waals surface area contributed by atoms with E-state index in [0.29, 0.717) is 31.7 Å². The van der Waals surface area contributed by atoms with Crippen molar-refractivity contribution in [2.24, 2.45) is 0 Å². The summed E-state index contributed by atoms with van der Waals surface area (Å²) in [4.78, 5) is 15.7. The zero-order chi connectivity index (χ0) is 20.7. The summed E-state index contributed by atoms with van der Waals surface area (Å²) in [6.07, 6.45) is 3.56. The molecule has 1 aromatic carbocycles. The van der Waals surface area contributed by atoms with Gasteiger partial charge in [-0.2, -0.15) is 16.9 Å². The number of fused-ring (bicyclic) bond motifs is 1.